The first-order valence-corrected chi connectivity index (χ1v) is 9.10. The van der Waals surface area contributed by atoms with Gasteiger partial charge in [0.1, 0.15) is 17.3 Å². The number of aromatic nitrogens is 1. The molecule has 0 fully saturated rings. The highest BCUT2D eigenvalue weighted by molar-refractivity contribution is 5.79. The van der Waals surface area contributed by atoms with E-state index in [0.29, 0.717) is 18.0 Å². The average Bonchev–Trinajstić information content (AvgIpc) is 2.74. The van der Waals surface area contributed by atoms with Crippen LogP contribution in [0.4, 0.5) is 4.39 Å². The first-order chi connectivity index (χ1) is 13.7. The molecule has 6 heteroatoms. The Morgan fingerprint density at radius 2 is 1.68 bits per heavy atom. The smallest absolute Gasteiger partial charge is 0.191 e. The molecule has 0 saturated heterocycles. The van der Waals surface area contributed by atoms with Gasteiger partial charge in [-0.25, -0.2) is 4.39 Å². The van der Waals surface area contributed by atoms with Gasteiger partial charge in [0.05, 0.1) is 0 Å². The molecule has 2 N–H and O–H groups in total. The van der Waals surface area contributed by atoms with Gasteiger partial charge in [-0.2, -0.15) is 0 Å². The first-order valence-electron chi connectivity index (χ1n) is 9.10. The highest BCUT2D eigenvalue weighted by Crippen LogP contribution is 2.21. The maximum absolute atomic E-state index is 12.9. The molecule has 0 aliphatic rings. The molecule has 1 aromatic heterocycles. The Kier molecular flexibility index (Phi) is 6.95. The van der Waals surface area contributed by atoms with Gasteiger partial charge in [0.15, 0.2) is 5.96 Å². The first kappa shape index (κ1) is 19.4. The number of halogens is 1. The van der Waals surface area contributed by atoms with Gasteiger partial charge in [-0.05, 0) is 54.1 Å². The predicted octanol–water partition coefficient (Wildman–Crippen LogP) is 3.92. The van der Waals surface area contributed by atoms with Crippen LogP contribution in [-0.4, -0.2) is 24.5 Å². The summed E-state index contributed by atoms with van der Waals surface area (Å²) in [5.74, 6) is 1.76. The van der Waals surface area contributed by atoms with Gasteiger partial charge in [0.2, 0.25) is 0 Å². The molecule has 28 heavy (non-hydrogen) atoms. The van der Waals surface area contributed by atoms with Gasteiger partial charge in [0.25, 0.3) is 0 Å². The highest BCUT2D eigenvalue weighted by Gasteiger charge is 2.01. The minimum Gasteiger partial charge on any atom is -0.457 e. The van der Waals surface area contributed by atoms with Crippen LogP contribution in [0, 0.1) is 5.82 Å². The molecule has 0 bridgehead atoms. The summed E-state index contributed by atoms with van der Waals surface area (Å²) in [6.45, 7) is 1.39. The van der Waals surface area contributed by atoms with Crippen molar-refractivity contribution >= 4 is 5.96 Å². The Bertz CT molecular complexity index is 881. The van der Waals surface area contributed by atoms with E-state index in [9.17, 15) is 4.39 Å². The van der Waals surface area contributed by atoms with Crippen LogP contribution in [0.25, 0.3) is 0 Å². The largest absolute Gasteiger partial charge is 0.457 e. The number of nitrogens with one attached hydrogen (secondary N) is 2. The van der Waals surface area contributed by atoms with E-state index in [0.717, 1.165) is 30.2 Å². The fraction of sp³-hybridized carbons (Fsp3) is 0.182. The van der Waals surface area contributed by atoms with Crippen molar-refractivity contribution in [3.05, 3.63) is 90.0 Å². The van der Waals surface area contributed by atoms with Gasteiger partial charge in [-0.15, -0.1) is 0 Å². The van der Waals surface area contributed by atoms with Crippen LogP contribution < -0.4 is 15.4 Å². The third-order valence-corrected chi connectivity index (χ3v) is 4.06. The normalized spacial score (nSPS) is 11.1. The summed E-state index contributed by atoms with van der Waals surface area (Å²) in [4.78, 5) is 8.54. The van der Waals surface area contributed by atoms with Crippen molar-refractivity contribution in [1.82, 2.24) is 15.6 Å². The molecule has 0 radical (unpaired) electrons. The summed E-state index contributed by atoms with van der Waals surface area (Å²) < 4.78 is 18.6. The molecule has 3 rings (SSSR count). The number of ether oxygens (including phenoxy) is 1. The van der Waals surface area contributed by atoms with Crippen molar-refractivity contribution in [3.63, 3.8) is 0 Å². The summed E-state index contributed by atoms with van der Waals surface area (Å²) in [5, 5.41) is 6.56. The van der Waals surface area contributed by atoms with Crippen LogP contribution in [0.2, 0.25) is 0 Å². The van der Waals surface area contributed by atoms with Crippen molar-refractivity contribution in [2.24, 2.45) is 4.99 Å². The van der Waals surface area contributed by atoms with E-state index in [-0.39, 0.29) is 5.82 Å². The molecular weight excluding hydrogens is 355 g/mol. The maximum atomic E-state index is 12.9. The van der Waals surface area contributed by atoms with Crippen LogP contribution in [0.15, 0.2) is 77.9 Å². The van der Waals surface area contributed by atoms with Crippen molar-refractivity contribution in [3.8, 4) is 11.5 Å². The number of pyridine rings is 1. The summed E-state index contributed by atoms with van der Waals surface area (Å²) in [5.41, 5.74) is 2.14. The van der Waals surface area contributed by atoms with E-state index >= 15 is 0 Å². The zero-order chi connectivity index (χ0) is 19.6. The molecule has 3 aromatic rings. The Hall–Kier alpha value is -3.41. The summed E-state index contributed by atoms with van der Waals surface area (Å²) in [6.07, 6.45) is 2.63. The molecule has 0 aliphatic carbocycles. The minimum absolute atomic E-state index is 0.282. The Morgan fingerprint density at radius 1 is 0.964 bits per heavy atom. The quantitative estimate of drug-likeness (QED) is 0.483. The van der Waals surface area contributed by atoms with Crippen molar-refractivity contribution < 1.29 is 9.13 Å². The zero-order valence-corrected chi connectivity index (χ0v) is 15.7. The highest BCUT2D eigenvalue weighted by atomic mass is 19.1. The second kappa shape index (κ2) is 10.1. The lowest BCUT2D eigenvalue weighted by Crippen LogP contribution is -2.37. The van der Waals surface area contributed by atoms with E-state index in [4.69, 9.17) is 4.74 Å². The number of benzene rings is 2. The molecule has 0 aliphatic heterocycles. The molecule has 2 aromatic carbocycles. The molecule has 144 valence electrons. The molecule has 0 spiro atoms. The number of nitrogens with zero attached hydrogens (tertiary/aromatic N) is 2. The number of hydrogen-bond acceptors (Lipinski definition) is 3. The number of aliphatic imine (C=N–C) groups is 1. The second-order valence-corrected chi connectivity index (χ2v) is 6.12. The third kappa shape index (κ3) is 6.09. The molecule has 0 saturated carbocycles. The van der Waals surface area contributed by atoms with Crippen LogP contribution in [0.5, 0.6) is 11.5 Å². The average molecular weight is 378 g/mol. The molecule has 0 amide bonds. The van der Waals surface area contributed by atoms with Crippen LogP contribution in [-0.2, 0) is 13.0 Å². The zero-order valence-electron chi connectivity index (χ0n) is 15.7. The lowest BCUT2D eigenvalue weighted by Gasteiger charge is -2.12. The molecule has 0 unspecified atom stereocenters. The summed E-state index contributed by atoms with van der Waals surface area (Å²) >= 11 is 0. The fourth-order valence-electron chi connectivity index (χ4n) is 2.58. The lowest BCUT2D eigenvalue weighted by molar-refractivity contribution is 0.480. The van der Waals surface area contributed by atoms with Gasteiger partial charge in [-0.3, -0.25) is 9.98 Å². The second-order valence-electron chi connectivity index (χ2n) is 6.12. The van der Waals surface area contributed by atoms with Crippen LogP contribution >= 0.6 is 0 Å². The van der Waals surface area contributed by atoms with Crippen molar-refractivity contribution in [2.75, 3.05) is 13.6 Å². The number of guanidine groups is 1. The van der Waals surface area contributed by atoms with E-state index in [1.54, 1.807) is 25.4 Å². The topological polar surface area (TPSA) is 58.5 Å². The number of hydrogen-bond donors (Lipinski definition) is 2. The molecule has 5 nitrogen and oxygen atoms in total. The molecule has 0 atom stereocenters. The Labute approximate surface area is 164 Å². The van der Waals surface area contributed by atoms with Crippen LogP contribution in [0.1, 0.15) is 11.3 Å². The number of rotatable bonds is 7. The predicted molar refractivity (Wildman–Crippen MR) is 109 cm³/mol. The van der Waals surface area contributed by atoms with Crippen LogP contribution in [0.3, 0.4) is 0 Å². The lowest BCUT2D eigenvalue weighted by atomic mass is 10.2. The van der Waals surface area contributed by atoms with E-state index in [1.807, 2.05) is 42.5 Å². The third-order valence-electron chi connectivity index (χ3n) is 4.06. The molecular formula is C22H23FN4O. The summed E-state index contributed by atoms with van der Waals surface area (Å²) in [7, 11) is 1.75. The van der Waals surface area contributed by atoms with Gasteiger partial charge >= 0.3 is 0 Å². The van der Waals surface area contributed by atoms with E-state index in [2.05, 4.69) is 20.6 Å². The van der Waals surface area contributed by atoms with E-state index < -0.39 is 0 Å². The Morgan fingerprint density at radius 3 is 2.32 bits per heavy atom. The van der Waals surface area contributed by atoms with Crippen molar-refractivity contribution in [2.45, 2.75) is 13.0 Å². The SMILES string of the molecule is CN=C(NCCc1ccccn1)NCc1ccc(Oc2ccc(F)cc2)cc1. The van der Waals surface area contributed by atoms with E-state index in [1.165, 1.54) is 12.1 Å². The standard InChI is InChI=1S/C22H23FN4O/c1-24-22(26-15-13-19-4-2-3-14-25-19)27-16-17-5-9-20(10-6-17)28-21-11-7-18(23)8-12-21/h2-12,14H,13,15-16H2,1H3,(H2,24,26,27). The Balaban J connectivity index is 1.44. The van der Waals surface area contributed by atoms with Gasteiger partial charge in [0, 0.05) is 38.4 Å². The van der Waals surface area contributed by atoms with Gasteiger partial charge in [-0.1, -0.05) is 18.2 Å². The maximum Gasteiger partial charge on any atom is 0.191 e. The summed E-state index contributed by atoms with van der Waals surface area (Å²) in [6, 6.07) is 19.6. The monoisotopic (exact) mass is 378 g/mol. The minimum atomic E-state index is -0.282. The van der Waals surface area contributed by atoms with Crippen molar-refractivity contribution in [1.29, 1.82) is 0 Å². The molecule has 1 heterocycles. The fourth-order valence-corrected chi connectivity index (χ4v) is 2.58. The van der Waals surface area contributed by atoms with Gasteiger partial charge < -0.3 is 15.4 Å².